The summed E-state index contributed by atoms with van der Waals surface area (Å²) in [4.78, 5) is 23.7. The number of ether oxygens (including phenoxy) is 2. The van der Waals surface area contributed by atoms with Crippen molar-refractivity contribution in [2.45, 2.75) is 12.3 Å². The lowest BCUT2D eigenvalue weighted by Gasteiger charge is -2.13. The van der Waals surface area contributed by atoms with Crippen LogP contribution in [0.25, 0.3) is 0 Å². The highest BCUT2D eigenvalue weighted by Crippen LogP contribution is 2.34. The maximum atomic E-state index is 12.0. The average Bonchev–Trinajstić information content (AvgIpc) is 2.80. The van der Waals surface area contributed by atoms with Gasteiger partial charge in [0.25, 0.3) is 0 Å². The molecular weight excluding hydrogens is 250 g/mol. The summed E-state index contributed by atoms with van der Waals surface area (Å²) in [5, 5.41) is 8.89. The molecule has 2 rings (SSSR count). The van der Waals surface area contributed by atoms with Gasteiger partial charge in [0.2, 0.25) is 5.91 Å². The molecule has 2 amide bonds. The third kappa shape index (κ3) is 2.33. The van der Waals surface area contributed by atoms with Gasteiger partial charge in [-0.1, -0.05) is 6.07 Å². The van der Waals surface area contributed by atoms with E-state index < -0.39 is 12.0 Å². The van der Waals surface area contributed by atoms with Crippen LogP contribution in [0.1, 0.15) is 17.9 Å². The predicted octanol–water partition coefficient (Wildman–Crippen LogP) is 1.70. The molecule has 6 nitrogen and oxygen atoms in total. The van der Waals surface area contributed by atoms with Crippen molar-refractivity contribution in [1.29, 1.82) is 0 Å². The molecule has 0 spiro atoms. The lowest BCUT2D eigenvalue weighted by molar-refractivity contribution is -0.127. The van der Waals surface area contributed by atoms with Crippen molar-refractivity contribution in [2.75, 3.05) is 20.8 Å². The van der Waals surface area contributed by atoms with Crippen LogP contribution in [0.5, 0.6) is 11.5 Å². The Morgan fingerprint density at radius 2 is 2.00 bits per heavy atom. The molecule has 0 aliphatic carbocycles. The van der Waals surface area contributed by atoms with Gasteiger partial charge >= 0.3 is 6.09 Å². The first-order valence-electron chi connectivity index (χ1n) is 5.84. The predicted molar refractivity (Wildman–Crippen MR) is 66.6 cm³/mol. The standard InChI is InChI=1S/C13H15NO5/c1-18-10-4-3-8(7-11(10)19-2)9-5-6-14(12(9)15)13(16)17/h3-4,7,9H,5-6H2,1-2H3,(H,16,17). The molecule has 1 aliphatic rings. The summed E-state index contributed by atoms with van der Waals surface area (Å²) in [5.41, 5.74) is 0.742. The molecule has 1 atom stereocenters. The van der Waals surface area contributed by atoms with E-state index in [2.05, 4.69) is 0 Å². The lowest BCUT2D eigenvalue weighted by Crippen LogP contribution is -2.31. The fourth-order valence-electron chi connectivity index (χ4n) is 2.25. The van der Waals surface area contributed by atoms with Crippen LogP contribution in [-0.4, -0.2) is 42.8 Å². The number of carboxylic acid groups (broad SMARTS) is 1. The monoisotopic (exact) mass is 265 g/mol. The largest absolute Gasteiger partial charge is 0.493 e. The number of imide groups is 1. The summed E-state index contributed by atoms with van der Waals surface area (Å²) < 4.78 is 10.3. The van der Waals surface area contributed by atoms with Crippen molar-refractivity contribution in [3.05, 3.63) is 23.8 Å². The van der Waals surface area contributed by atoms with Crippen molar-refractivity contribution >= 4 is 12.0 Å². The first-order valence-corrected chi connectivity index (χ1v) is 5.84. The van der Waals surface area contributed by atoms with Gasteiger partial charge in [-0.3, -0.25) is 4.79 Å². The van der Waals surface area contributed by atoms with Gasteiger partial charge in [0.1, 0.15) is 0 Å². The Hall–Kier alpha value is -2.24. The summed E-state index contributed by atoms with van der Waals surface area (Å²) >= 11 is 0. The quantitative estimate of drug-likeness (QED) is 0.900. The van der Waals surface area contributed by atoms with Crippen molar-refractivity contribution in [1.82, 2.24) is 4.90 Å². The zero-order chi connectivity index (χ0) is 14.0. The van der Waals surface area contributed by atoms with Crippen LogP contribution < -0.4 is 9.47 Å². The van der Waals surface area contributed by atoms with E-state index in [1.165, 1.54) is 14.2 Å². The number of methoxy groups -OCH3 is 2. The van der Waals surface area contributed by atoms with Crippen molar-refractivity contribution in [3.8, 4) is 11.5 Å². The van der Waals surface area contributed by atoms with Crippen LogP contribution in [0.3, 0.4) is 0 Å². The molecule has 1 aromatic carbocycles. The molecule has 1 heterocycles. The molecule has 0 bridgehead atoms. The molecule has 102 valence electrons. The van der Waals surface area contributed by atoms with Gasteiger partial charge in [0, 0.05) is 6.54 Å². The normalized spacial score (nSPS) is 18.5. The molecule has 6 heteroatoms. The zero-order valence-corrected chi connectivity index (χ0v) is 10.8. The molecule has 0 aromatic heterocycles. The number of rotatable bonds is 3. The van der Waals surface area contributed by atoms with Crippen LogP contribution in [0.15, 0.2) is 18.2 Å². The van der Waals surface area contributed by atoms with E-state index in [4.69, 9.17) is 14.6 Å². The van der Waals surface area contributed by atoms with Crippen molar-refractivity contribution in [2.24, 2.45) is 0 Å². The Labute approximate surface area is 110 Å². The van der Waals surface area contributed by atoms with Crippen molar-refractivity contribution in [3.63, 3.8) is 0 Å². The Kier molecular flexibility index (Phi) is 3.59. The second-order valence-corrected chi connectivity index (χ2v) is 4.23. The van der Waals surface area contributed by atoms with Gasteiger partial charge in [-0.2, -0.15) is 0 Å². The molecular formula is C13H15NO5. The van der Waals surface area contributed by atoms with Gasteiger partial charge in [-0.15, -0.1) is 0 Å². The fourth-order valence-corrected chi connectivity index (χ4v) is 2.25. The van der Waals surface area contributed by atoms with Crippen LogP contribution in [0.2, 0.25) is 0 Å². The summed E-state index contributed by atoms with van der Waals surface area (Å²) in [6, 6.07) is 5.19. The number of carbonyl (C=O) groups excluding carboxylic acids is 1. The number of benzene rings is 1. The molecule has 1 saturated heterocycles. The fraction of sp³-hybridized carbons (Fsp3) is 0.385. The second kappa shape index (κ2) is 5.17. The Morgan fingerprint density at radius 3 is 2.53 bits per heavy atom. The number of carbonyl (C=O) groups is 2. The first-order chi connectivity index (χ1) is 9.08. The summed E-state index contributed by atoms with van der Waals surface area (Å²) in [5.74, 6) is 0.281. The SMILES string of the molecule is COc1ccc(C2CCN(C(=O)O)C2=O)cc1OC. The van der Waals surface area contributed by atoms with Gasteiger partial charge in [0.05, 0.1) is 20.1 Å². The van der Waals surface area contributed by atoms with E-state index in [0.717, 1.165) is 10.5 Å². The van der Waals surface area contributed by atoms with Crippen LogP contribution in [0, 0.1) is 0 Å². The molecule has 19 heavy (non-hydrogen) atoms. The van der Waals surface area contributed by atoms with E-state index in [9.17, 15) is 9.59 Å². The average molecular weight is 265 g/mol. The molecule has 1 unspecified atom stereocenters. The smallest absolute Gasteiger partial charge is 0.414 e. The molecule has 1 aliphatic heterocycles. The lowest BCUT2D eigenvalue weighted by atomic mass is 9.97. The Morgan fingerprint density at radius 1 is 1.32 bits per heavy atom. The maximum absolute atomic E-state index is 12.0. The van der Waals surface area contributed by atoms with Gasteiger partial charge in [-0.05, 0) is 24.1 Å². The van der Waals surface area contributed by atoms with E-state index in [1.54, 1.807) is 18.2 Å². The maximum Gasteiger partial charge on any atom is 0.414 e. The molecule has 1 fully saturated rings. The van der Waals surface area contributed by atoms with E-state index in [1.807, 2.05) is 0 Å². The summed E-state index contributed by atoms with van der Waals surface area (Å²) in [6.45, 7) is 0.229. The van der Waals surface area contributed by atoms with E-state index in [0.29, 0.717) is 17.9 Å². The number of hydrogen-bond acceptors (Lipinski definition) is 4. The third-order valence-corrected chi connectivity index (χ3v) is 3.25. The van der Waals surface area contributed by atoms with Crippen LogP contribution in [0.4, 0.5) is 4.79 Å². The van der Waals surface area contributed by atoms with Gasteiger partial charge in [0.15, 0.2) is 11.5 Å². The number of nitrogens with zero attached hydrogens (tertiary/aromatic N) is 1. The van der Waals surface area contributed by atoms with Crippen molar-refractivity contribution < 1.29 is 24.2 Å². The minimum Gasteiger partial charge on any atom is -0.493 e. The van der Waals surface area contributed by atoms with Gasteiger partial charge in [-0.25, -0.2) is 9.69 Å². The molecule has 1 N–H and O–H groups in total. The van der Waals surface area contributed by atoms with Crippen LogP contribution >= 0.6 is 0 Å². The Bertz CT molecular complexity index is 514. The topological polar surface area (TPSA) is 76.1 Å². The highest BCUT2D eigenvalue weighted by molar-refractivity contribution is 5.97. The molecule has 0 saturated carbocycles. The second-order valence-electron chi connectivity index (χ2n) is 4.23. The molecule has 0 radical (unpaired) electrons. The zero-order valence-electron chi connectivity index (χ0n) is 10.8. The Balaban J connectivity index is 2.28. The van der Waals surface area contributed by atoms with Crippen LogP contribution in [-0.2, 0) is 4.79 Å². The minimum atomic E-state index is -1.20. The highest BCUT2D eigenvalue weighted by Gasteiger charge is 2.36. The number of hydrogen-bond donors (Lipinski definition) is 1. The molecule has 1 aromatic rings. The van der Waals surface area contributed by atoms with E-state index in [-0.39, 0.29) is 12.5 Å². The minimum absolute atomic E-state index is 0.229. The summed E-state index contributed by atoms with van der Waals surface area (Å²) in [6.07, 6.45) is -0.714. The summed E-state index contributed by atoms with van der Waals surface area (Å²) in [7, 11) is 3.05. The number of likely N-dealkylation sites (tertiary alicyclic amines) is 1. The third-order valence-electron chi connectivity index (χ3n) is 3.25. The number of amides is 2. The highest BCUT2D eigenvalue weighted by atomic mass is 16.5. The van der Waals surface area contributed by atoms with E-state index >= 15 is 0 Å². The van der Waals surface area contributed by atoms with Gasteiger partial charge < -0.3 is 14.6 Å². The first kappa shape index (κ1) is 13.2.